The van der Waals surface area contributed by atoms with Crippen molar-refractivity contribution in [3.05, 3.63) is 23.9 Å². The van der Waals surface area contributed by atoms with Gasteiger partial charge in [-0.15, -0.1) is 0 Å². The summed E-state index contributed by atoms with van der Waals surface area (Å²) < 4.78 is 0. The van der Waals surface area contributed by atoms with E-state index in [-0.39, 0.29) is 6.42 Å². The van der Waals surface area contributed by atoms with Gasteiger partial charge in [0.2, 0.25) is 0 Å². The number of nitrogens with two attached hydrogens (primary N) is 1. The van der Waals surface area contributed by atoms with Crippen LogP contribution in [-0.4, -0.2) is 27.1 Å². The van der Waals surface area contributed by atoms with Gasteiger partial charge in [-0.3, -0.25) is 9.59 Å². The minimum absolute atomic E-state index is 0.142. The molecule has 0 radical (unpaired) electrons. The second-order valence-corrected chi connectivity index (χ2v) is 4.83. The van der Waals surface area contributed by atoms with Gasteiger partial charge in [0.15, 0.2) is 0 Å². The Morgan fingerprint density at radius 1 is 1.25 bits per heavy atom. The Hall–Kier alpha value is -2.11. The molecule has 0 aliphatic carbocycles. The van der Waals surface area contributed by atoms with Crippen molar-refractivity contribution < 1.29 is 19.8 Å². The summed E-state index contributed by atoms with van der Waals surface area (Å²) in [5.74, 6) is -3.64. The summed E-state index contributed by atoms with van der Waals surface area (Å²) >= 11 is 0. The molecule has 6 nitrogen and oxygen atoms in total. The SMILES string of the molecule is CCCCC(C(=O)O)C(Cc1ccc(N)nc1)C(=O)O. The minimum Gasteiger partial charge on any atom is -0.481 e. The first kappa shape index (κ1) is 15.9. The number of hydrogen-bond acceptors (Lipinski definition) is 4. The second-order valence-electron chi connectivity index (χ2n) is 4.83. The highest BCUT2D eigenvalue weighted by Crippen LogP contribution is 2.24. The lowest BCUT2D eigenvalue weighted by atomic mass is 9.84. The van der Waals surface area contributed by atoms with E-state index in [2.05, 4.69) is 4.98 Å². The fourth-order valence-electron chi connectivity index (χ4n) is 2.13. The van der Waals surface area contributed by atoms with E-state index in [0.29, 0.717) is 24.2 Å². The van der Waals surface area contributed by atoms with Gasteiger partial charge >= 0.3 is 11.9 Å². The van der Waals surface area contributed by atoms with Crippen LogP contribution in [0, 0.1) is 11.8 Å². The number of carbonyl (C=O) groups is 2. The van der Waals surface area contributed by atoms with Gasteiger partial charge in [0, 0.05) is 6.20 Å². The van der Waals surface area contributed by atoms with Gasteiger partial charge in [-0.1, -0.05) is 25.8 Å². The van der Waals surface area contributed by atoms with Crippen LogP contribution in [0.25, 0.3) is 0 Å². The van der Waals surface area contributed by atoms with Crippen LogP contribution in [0.1, 0.15) is 31.7 Å². The smallest absolute Gasteiger partial charge is 0.307 e. The van der Waals surface area contributed by atoms with Crippen LogP contribution in [-0.2, 0) is 16.0 Å². The molecule has 2 unspecified atom stereocenters. The summed E-state index contributed by atoms with van der Waals surface area (Å²) in [6, 6.07) is 3.26. The quantitative estimate of drug-likeness (QED) is 0.669. The number of hydrogen-bond donors (Lipinski definition) is 3. The number of carboxylic acids is 2. The number of rotatable bonds is 8. The van der Waals surface area contributed by atoms with Crippen LogP contribution < -0.4 is 5.73 Å². The number of anilines is 1. The lowest BCUT2D eigenvalue weighted by Crippen LogP contribution is -2.31. The van der Waals surface area contributed by atoms with Crippen LogP contribution in [0.4, 0.5) is 5.82 Å². The molecule has 0 amide bonds. The molecular formula is C14H20N2O4. The van der Waals surface area contributed by atoms with Crippen LogP contribution >= 0.6 is 0 Å². The van der Waals surface area contributed by atoms with Crippen molar-refractivity contribution in [1.29, 1.82) is 0 Å². The summed E-state index contributed by atoms with van der Waals surface area (Å²) in [6.45, 7) is 1.94. The molecule has 0 spiro atoms. The Kier molecular flexibility index (Phi) is 5.96. The number of pyridine rings is 1. The number of carboxylic acid groups (broad SMARTS) is 2. The maximum absolute atomic E-state index is 11.4. The Balaban J connectivity index is 2.88. The van der Waals surface area contributed by atoms with E-state index in [1.807, 2.05) is 6.92 Å². The van der Waals surface area contributed by atoms with Crippen LogP contribution in [0.15, 0.2) is 18.3 Å². The third-order valence-electron chi connectivity index (χ3n) is 3.29. The van der Waals surface area contributed by atoms with Gasteiger partial charge in [-0.25, -0.2) is 4.98 Å². The molecule has 110 valence electrons. The summed E-state index contributed by atoms with van der Waals surface area (Å²) in [5, 5.41) is 18.5. The highest BCUT2D eigenvalue weighted by atomic mass is 16.4. The second kappa shape index (κ2) is 7.47. The third-order valence-corrected chi connectivity index (χ3v) is 3.29. The highest BCUT2D eigenvalue weighted by molar-refractivity contribution is 5.80. The zero-order chi connectivity index (χ0) is 15.1. The molecule has 6 heteroatoms. The number of unbranched alkanes of at least 4 members (excludes halogenated alkanes) is 1. The first-order chi connectivity index (χ1) is 9.45. The summed E-state index contributed by atoms with van der Waals surface area (Å²) in [7, 11) is 0. The third kappa shape index (κ3) is 4.53. The predicted octanol–water partition coefficient (Wildman–Crippen LogP) is 1.80. The fraction of sp³-hybridized carbons (Fsp3) is 0.500. The summed E-state index contributed by atoms with van der Waals surface area (Å²) in [4.78, 5) is 26.6. The molecule has 0 saturated carbocycles. The minimum atomic E-state index is -1.09. The van der Waals surface area contributed by atoms with E-state index >= 15 is 0 Å². The average molecular weight is 280 g/mol. The van der Waals surface area contributed by atoms with E-state index in [9.17, 15) is 19.8 Å². The van der Waals surface area contributed by atoms with Crippen molar-refractivity contribution in [3.63, 3.8) is 0 Å². The van der Waals surface area contributed by atoms with Crippen molar-refractivity contribution in [3.8, 4) is 0 Å². The topological polar surface area (TPSA) is 114 Å². The standard InChI is InChI=1S/C14H20N2O4/c1-2-3-4-10(13(17)18)11(14(19)20)7-9-5-6-12(15)16-8-9/h5-6,8,10-11H,2-4,7H2,1H3,(H2,15,16)(H,17,18)(H,19,20). The predicted molar refractivity (Wildman–Crippen MR) is 74.1 cm³/mol. The molecule has 0 bridgehead atoms. The Labute approximate surface area is 117 Å². The monoisotopic (exact) mass is 280 g/mol. The Morgan fingerprint density at radius 3 is 2.35 bits per heavy atom. The van der Waals surface area contributed by atoms with Gasteiger partial charge in [-0.05, 0) is 24.5 Å². The maximum atomic E-state index is 11.4. The molecule has 0 saturated heterocycles. The van der Waals surface area contributed by atoms with Crippen LogP contribution in [0.5, 0.6) is 0 Å². The molecule has 0 aromatic carbocycles. The molecule has 20 heavy (non-hydrogen) atoms. The Bertz CT molecular complexity index is 459. The van der Waals surface area contributed by atoms with E-state index in [4.69, 9.17) is 5.73 Å². The van der Waals surface area contributed by atoms with E-state index in [1.165, 1.54) is 6.20 Å². The van der Waals surface area contributed by atoms with Crippen molar-refractivity contribution >= 4 is 17.8 Å². The first-order valence-corrected chi connectivity index (χ1v) is 6.61. The zero-order valence-corrected chi connectivity index (χ0v) is 11.5. The molecule has 4 N–H and O–H groups in total. The lowest BCUT2D eigenvalue weighted by Gasteiger charge is -2.20. The fourth-order valence-corrected chi connectivity index (χ4v) is 2.13. The molecule has 1 heterocycles. The average Bonchev–Trinajstić information content (AvgIpc) is 2.39. The van der Waals surface area contributed by atoms with Crippen LogP contribution in [0.2, 0.25) is 0 Å². The number of nitrogen functional groups attached to an aromatic ring is 1. The molecule has 1 rings (SSSR count). The van der Waals surface area contributed by atoms with Gasteiger partial charge in [-0.2, -0.15) is 0 Å². The van der Waals surface area contributed by atoms with Crippen molar-refractivity contribution in [2.45, 2.75) is 32.6 Å². The molecule has 1 aromatic heterocycles. The van der Waals surface area contributed by atoms with E-state index in [0.717, 1.165) is 6.42 Å². The molecule has 2 atom stereocenters. The molecular weight excluding hydrogens is 260 g/mol. The van der Waals surface area contributed by atoms with Gasteiger partial charge < -0.3 is 15.9 Å². The van der Waals surface area contributed by atoms with Gasteiger partial charge in [0.25, 0.3) is 0 Å². The summed E-state index contributed by atoms with van der Waals surface area (Å²) in [6.07, 6.45) is 3.53. The normalized spacial score (nSPS) is 13.7. The summed E-state index contributed by atoms with van der Waals surface area (Å²) in [5.41, 5.74) is 6.14. The largest absolute Gasteiger partial charge is 0.481 e. The van der Waals surface area contributed by atoms with Gasteiger partial charge in [0.05, 0.1) is 11.8 Å². The number of aromatic nitrogens is 1. The van der Waals surface area contributed by atoms with Crippen molar-refractivity contribution in [2.24, 2.45) is 11.8 Å². The van der Waals surface area contributed by atoms with E-state index < -0.39 is 23.8 Å². The first-order valence-electron chi connectivity index (χ1n) is 6.61. The molecule has 0 fully saturated rings. The zero-order valence-electron chi connectivity index (χ0n) is 11.5. The molecule has 0 aliphatic rings. The number of aliphatic carboxylic acids is 2. The lowest BCUT2D eigenvalue weighted by molar-refractivity contribution is -0.154. The molecule has 1 aromatic rings. The van der Waals surface area contributed by atoms with E-state index in [1.54, 1.807) is 12.1 Å². The van der Waals surface area contributed by atoms with Gasteiger partial charge in [0.1, 0.15) is 5.82 Å². The van der Waals surface area contributed by atoms with Crippen molar-refractivity contribution in [2.75, 3.05) is 5.73 Å². The van der Waals surface area contributed by atoms with Crippen LogP contribution in [0.3, 0.4) is 0 Å². The molecule has 0 aliphatic heterocycles. The Morgan fingerprint density at radius 2 is 1.90 bits per heavy atom. The maximum Gasteiger partial charge on any atom is 0.307 e. The number of nitrogens with zero attached hydrogens (tertiary/aromatic N) is 1. The highest BCUT2D eigenvalue weighted by Gasteiger charge is 2.33. The van der Waals surface area contributed by atoms with Crippen molar-refractivity contribution in [1.82, 2.24) is 4.98 Å².